The highest BCUT2D eigenvalue weighted by molar-refractivity contribution is 7.99. The molecule has 1 aliphatic heterocycles. The van der Waals surface area contributed by atoms with Gasteiger partial charge in [0.15, 0.2) is 0 Å². The summed E-state index contributed by atoms with van der Waals surface area (Å²) in [5, 5.41) is 9.05. The van der Waals surface area contributed by atoms with Crippen molar-refractivity contribution in [3.8, 4) is 11.5 Å². The zero-order chi connectivity index (χ0) is 18.4. The van der Waals surface area contributed by atoms with Crippen molar-refractivity contribution in [2.24, 2.45) is 5.41 Å². The highest BCUT2D eigenvalue weighted by Crippen LogP contribution is 2.37. The minimum Gasteiger partial charge on any atom is -0.457 e. The normalized spacial score (nSPS) is 16.1. The second-order valence-corrected chi connectivity index (χ2v) is 7.20. The van der Waals surface area contributed by atoms with Crippen molar-refractivity contribution in [1.82, 2.24) is 5.48 Å². The molecule has 7 heteroatoms. The average Bonchev–Trinajstić information content (AvgIpc) is 2.69. The lowest BCUT2D eigenvalue weighted by Crippen LogP contribution is -2.45. The van der Waals surface area contributed by atoms with Crippen LogP contribution in [0, 0.1) is 11.2 Å². The topological polar surface area (TPSA) is 67.8 Å². The molecule has 1 saturated heterocycles. The van der Waals surface area contributed by atoms with Crippen LogP contribution in [0.2, 0.25) is 0 Å². The molecule has 0 spiro atoms. The lowest BCUT2D eigenvalue weighted by atomic mass is 9.81. The fraction of sp³-hybridized carbons (Fsp3) is 0.316. The Balaban J connectivity index is 1.61. The first-order chi connectivity index (χ1) is 12.6. The van der Waals surface area contributed by atoms with E-state index in [-0.39, 0.29) is 11.7 Å². The molecule has 3 rings (SSSR count). The molecule has 138 valence electrons. The average molecular weight is 377 g/mol. The molecule has 0 aromatic heterocycles. The van der Waals surface area contributed by atoms with Gasteiger partial charge in [-0.15, -0.1) is 11.8 Å². The number of carbonyl (C=O) groups excluding carboxylic acids is 1. The summed E-state index contributed by atoms with van der Waals surface area (Å²) in [6, 6.07) is 13.3. The van der Waals surface area contributed by atoms with Gasteiger partial charge in [-0.25, -0.2) is 9.87 Å². The van der Waals surface area contributed by atoms with E-state index < -0.39 is 5.41 Å². The molecule has 2 aromatic rings. The summed E-state index contributed by atoms with van der Waals surface area (Å²) in [5.41, 5.74) is 1.17. The Morgan fingerprint density at radius 2 is 1.69 bits per heavy atom. The van der Waals surface area contributed by atoms with Crippen LogP contribution in [0.1, 0.15) is 12.8 Å². The SMILES string of the molecule is O=C(NO)C1(CSc2ccc(Oc3ccc(F)cc3)cc2)CCOCC1. The highest BCUT2D eigenvalue weighted by atomic mass is 32.2. The summed E-state index contributed by atoms with van der Waals surface area (Å²) in [6.45, 7) is 1.02. The van der Waals surface area contributed by atoms with E-state index in [1.165, 1.54) is 12.1 Å². The van der Waals surface area contributed by atoms with Crippen LogP contribution in [0.3, 0.4) is 0 Å². The second kappa shape index (κ2) is 8.53. The smallest absolute Gasteiger partial charge is 0.250 e. The predicted molar refractivity (Wildman–Crippen MR) is 96.1 cm³/mol. The maximum atomic E-state index is 12.9. The summed E-state index contributed by atoms with van der Waals surface area (Å²) < 4.78 is 23.9. The van der Waals surface area contributed by atoms with Crippen molar-refractivity contribution in [3.05, 3.63) is 54.3 Å². The number of nitrogens with one attached hydrogen (secondary N) is 1. The number of hydroxylamine groups is 1. The molecule has 5 nitrogen and oxygen atoms in total. The second-order valence-electron chi connectivity index (χ2n) is 6.15. The van der Waals surface area contributed by atoms with Crippen molar-refractivity contribution < 1.29 is 23.9 Å². The van der Waals surface area contributed by atoms with E-state index in [1.807, 2.05) is 24.3 Å². The molecule has 1 aliphatic rings. The molecular formula is C19H20FNO4S. The number of benzene rings is 2. The molecule has 1 heterocycles. The lowest BCUT2D eigenvalue weighted by molar-refractivity contribution is -0.143. The fourth-order valence-electron chi connectivity index (χ4n) is 2.78. The third-order valence-electron chi connectivity index (χ3n) is 4.42. The van der Waals surface area contributed by atoms with Gasteiger partial charge in [0.2, 0.25) is 0 Å². The Morgan fingerprint density at radius 1 is 1.12 bits per heavy atom. The number of amides is 1. The molecule has 0 atom stereocenters. The first-order valence-electron chi connectivity index (χ1n) is 8.30. The van der Waals surface area contributed by atoms with Crippen LogP contribution in [0.4, 0.5) is 4.39 Å². The van der Waals surface area contributed by atoms with E-state index in [1.54, 1.807) is 29.4 Å². The number of hydrogen-bond acceptors (Lipinski definition) is 5. The number of halogens is 1. The summed E-state index contributed by atoms with van der Waals surface area (Å²) >= 11 is 1.55. The van der Waals surface area contributed by atoms with Crippen molar-refractivity contribution in [2.45, 2.75) is 17.7 Å². The van der Waals surface area contributed by atoms with Crippen LogP contribution < -0.4 is 10.2 Å². The van der Waals surface area contributed by atoms with Gasteiger partial charge < -0.3 is 9.47 Å². The summed E-state index contributed by atoms with van der Waals surface area (Å²) in [5.74, 6) is 1.10. The molecule has 0 bridgehead atoms. The molecule has 2 N–H and O–H groups in total. The Hall–Kier alpha value is -2.09. The summed E-state index contributed by atoms with van der Waals surface area (Å²) in [4.78, 5) is 13.1. The van der Waals surface area contributed by atoms with E-state index >= 15 is 0 Å². The lowest BCUT2D eigenvalue weighted by Gasteiger charge is -2.34. The Morgan fingerprint density at radius 3 is 2.27 bits per heavy atom. The molecule has 0 saturated carbocycles. The first kappa shape index (κ1) is 18.7. The maximum Gasteiger partial charge on any atom is 0.250 e. The molecule has 0 radical (unpaired) electrons. The number of rotatable bonds is 6. The number of ether oxygens (including phenoxy) is 2. The van der Waals surface area contributed by atoms with Crippen LogP contribution in [0.5, 0.6) is 11.5 Å². The Bertz CT molecular complexity index is 730. The highest BCUT2D eigenvalue weighted by Gasteiger charge is 2.40. The molecule has 0 unspecified atom stereocenters. The van der Waals surface area contributed by atoms with Crippen LogP contribution in [0.15, 0.2) is 53.4 Å². The van der Waals surface area contributed by atoms with E-state index in [4.69, 9.17) is 14.7 Å². The van der Waals surface area contributed by atoms with E-state index in [9.17, 15) is 9.18 Å². The molecule has 1 fully saturated rings. The van der Waals surface area contributed by atoms with Gasteiger partial charge in [0, 0.05) is 23.9 Å². The van der Waals surface area contributed by atoms with Gasteiger partial charge in [-0.2, -0.15) is 0 Å². The molecule has 26 heavy (non-hydrogen) atoms. The molecule has 0 aliphatic carbocycles. The third-order valence-corrected chi connectivity index (χ3v) is 5.72. The molecule has 2 aromatic carbocycles. The van der Waals surface area contributed by atoms with Crippen LogP contribution in [0.25, 0.3) is 0 Å². The van der Waals surface area contributed by atoms with Gasteiger partial charge in [0.25, 0.3) is 5.91 Å². The van der Waals surface area contributed by atoms with Crippen molar-refractivity contribution in [1.29, 1.82) is 0 Å². The number of hydrogen-bond donors (Lipinski definition) is 2. The first-order valence-corrected chi connectivity index (χ1v) is 9.28. The summed E-state index contributed by atoms with van der Waals surface area (Å²) in [7, 11) is 0. The largest absolute Gasteiger partial charge is 0.457 e. The fourth-order valence-corrected chi connectivity index (χ4v) is 3.97. The monoisotopic (exact) mass is 377 g/mol. The zero-order valence-corrected chi connectivity index (χ0v) is 14.9. The van der Waals surface area contributed by atoms with E-state index in [0.29, 0.717) is 43.3 Å². The van der Waals surface area contributed by atoms with Crippen molar-refractivity contribution in [3.63, 3.8) is 0 Å². The maximum absolute atomic E-state index is 12.9. The van der Waals surface area contributed by atoms with Crippen molar-refractivity contribution >= 4 is 17.7 Å². The van der Waals surface area contributed by atoms with Crippen LogP contribution in [-0.4, -0.2) is 30.1 Å². The minimum absolute atomic E-state index is 0.307. The molecule has 1 amide bonds. The Kier molecular flexibility index (Phi) is 6.13. The van der Waals surface area contributed by atoms with Gasteiger partial charge >= 0.3 is 0 Å². The van der Waals surface area contributed by atoms with Gasteiger partial charge in [-0.05, 0) is 61.4 Å². The molecular weight excluding hydrogens is 357 g/mol. The van der Waals surface area contributed by atoms with Crippen LogP contribution in [-0.2, 0) is 9.53 Å². The minimum atomic E-state index is -0.624. The van der Waals surface area contributed by atoms with Gasteiger partial charge in [0.1, 0.15) is 17.3 Å². The zero-order valence-electron chi connectivity index (χ0n) is 14.1. The van der Waals surface area contributed by atoms with Gasteiger partial charge in [-0.1, -0.05) is 0 Å². The summed E-state index contributed by atoms with van der Waals surface area (Å²) in [6.07, 6.45) is 1.16. The van der Waals surface area contributed by atoms with Crippen molar-refractivity contribution in [2.75, 3.05) is 19.0 Å². The van der Waals surface area contributed by atoms with Crippen LogP contribution >= 0.6 is 11.8 Å². The van der Waals surface area contributed by atoms with Gasteiger partial charge in [-0.3, -0.25) is 10.0 Å². The predicted octanol–water partition coefficient (Wildman–Crippen LogP) is 4.01. The Labute approximate surface area is 155 Å². The standard InChI is InChI=1S/C19H20FNO4S/c20-14-1-3-15(4-2-14)25-16-5-7-17(8-6-16)26-13-19(18(22)21-23)9-11-24-12-10-19/h1-8,23H,9-13H2,(H,21,22). The number of thioether (sulfide) groups is 1. The quantitative estimate of drug-likeness (QED) is 0.452. The van der Waals surface area contributed by atoms with E-state index in [2.05, 4.69) is 0 Å². The number of carbonyl (C=O) groups is 1. The van der Waals surface area contributed by atoms with Gasteiger partial charge in [0.05, 0.1) is 5.41 Å². The van der Waals surface area contributed by atoms with E-state index in [0.717, 1.165) is 4.90 Å². The third kappa shape index (κ3) is 4.55.